The van der Waals surface area contributed by atoms with Crippen molar-refractivity contribution in [2.24, 2.45) is 0 Å². The van der Waals surface area contributed by atoms with Crippen molar-refractivity contribution in [3.8, 4) is 27.9 Å². The van der Waals surface area contributed by atoms with Crippen LogP contribution in [0.1, 0.15) is 0 Å². The largest absolute Gasteiger partial charge is 0.307 e. The highest BCUT2D eigenvalue weighted by atomic mass is 32.1. The lowest BCUT2D eigenvalue weighted by Gasteiger charge is -2.13. The third kappa shape index (κ3) is 3.68. The van der Waals surface area contributed by atoms with Gasteiger partial charge in [-0.1, -0.05) is 133 Å². The van der Waals surface area contributed by atoms with Crippen LogP contribution >= 0.6 is 11.3 Å². The van der Waals surface area contributed by atoms with Crippen molar-refractivity contribution >= 4 is 74.9 Å². The number of rotatable bonds is 3. The molecule has 46 heavy (non-hydrogen) atoms. The minimum atomic E-state index is 1.21. The molecule has 8 aromatic carbocycles. The number of fused-ring (bicyclic) bond motifs is 11. The molecule has 0 aliphatic heterocycles. The first-order valence-corrected chi connectivity index (χ1v) is 16.6. The van der Waals surface area contributed by atoms with Gasteiger partial charge in [-0.25, -0.2) is 0 Å². The quantitative estimate of drug-likeness (QED) is 0.190. The number of hydrogen-bond acceptors (Lipinski definition) is 1. The molecule has 2 aromatic heterocycles. The Hall–Kier alpha value is -5.70. The predicted octanol–water partition coefficient (Wildman–Crippen LogP) is 12.8. The minimum Gasteiger partial charge on any atom is -0.307 e. The molecule has 0 saturated heterocycles. The molecule has 2 heteroatoms. The van der Waals surface area contributed by atoms with Crippen LogP contribution in [0.4, 0.5) is 0 Å². The summed E-state index contributed by atoms with van der Waals surface area (Å²) in [7, 11) is 0. The van der Waals surface area contributed by atoms with Crippen molar-refractivity contribution in [2.45, 2.75) is 0 Å². The highest BCUT2D eigenvalue weighted by Crippen LogP contribution is 2.49. The summed E-state index contributed by atoms with van der Waals surface area (Å²) in [6, 6.07) is 60.0. The van der Waals surface area contributed by atoms with E-state index < -0.39 is 0 Å². The Kier molecular flexibility index (Phi) is 5.51. The average molecular weight is 602 g/mol. The van der Waals surface area contributed by atoms with E-state index in [1.807, 2.05) is 11.3 Å². The zero-order valence-electron chi connectivity index (χ0n) is 24.9. The monoisotopic (exact) mass is 601 g/mol. The molecular formula is C44H27NS. The molecule has 214 valence electrons. The highest BCUT2D eigenvalue weighted by Gasteiger charge is 2.23. The standard InChI is InChI=1S/C44H27NS/c1-3-12-28(13-4-1)31-22-24-39-36(26-31)41-34-19-9-10-20-35(34)42-37-27-32(29-14-5-2-6-15-29)23-25-40(37)46-44(42)43(41)45(39)38-21-11-17-30-16-7-8-18-33(30)38/h1-27H. The van der Waals surface area contributed by atoms with Gasteiger partial charge in [0.05, 0.1) is 21.4 Å². The van der Waals surface area contributed by atoms with E-state index in [0.29, 0.717) is 0 Å². The van der Waals surface area contributed by atoms with Crippen LogP contribution in [0.15, 0.2) is 164 Å². The molecule has 2 heterocycles. The molecule has 0 N–H and O–H groups in total. The van der Waals surface area contributed by atoms with Crippen molar-refractivity contribution < 1.29 is 0 Å². The normalized spacial score (nSPS) is 11.9. The summed E-state index contributed by atoms with van der Waals surface area (Å²) in [5.74, 6) is 0. The second-order valence-corrected chi connectivity index (χ2v) is 13.1. The van der Waals surface area contributed by atoms with Gasteiger partial charge in [0.15, 0.2) is 0 Å². The van der Waals surface area contributed by atoms with Crippen molar-refractivity contribution in [1.82, 2.24) is 4.57 Å². The molecule has 0 unspecified atom stereocenters. The maximum atomic E-state index is 2.55. The Morgan fingerprint density at radius 3 is 1.72 bits per heavy atom. The van der Waals surface area contributed by atoms with Crippen LogP contribution in [-0.4, -0.2) is 4.57 Å². The highest BCUT2D eigenvalue weighted by molar-refractivity contribution is 7.27. The zero-order chi connectivity index (χ0) is 30.2. The van der Waals surface area contributed by atoms with Gasteiger partial charge in [0.25, 0.3) is 0 Å². The fourth-order valence-electron chi connectivity index (χ4n) is 7.50. The Morgan fingerprint density at radius 1 is 0.391 bits per heavy atom. The van der Waals surface area contributed by atoms with Crippen LogP contribution in [0, 0.1) is 0 Å². The second-order valence-electron chi connectivity index (χ2n) is 12.1. The van der Waals surface area contributed by atoms with Gasteiger partial charge in [-0.05, 0) is 68.7 Å². The summed E-state index contributed by atoms with van der Waals surface area (Å²) < 4.78 is 5.19. The summed E-state index contributed by atoms with van der Waals surface area (Å²) in [6.07, 6.45) is 0. The van der Waals surface area contributed by atoms with Gasteiger partial charge in [0.2, 0.25) is 0 Å². The Labute approximate surface area is 270 Å². The Bertz CT molecular complexity index is 2780. The molecule has 0 bridgehead atoms. The van der Waals surface area contributed by atoms with E-state index >= 15 is 0 Å². The van der Waals surface area contributed by atoms with E-state index in [1.165, 1.54) is 91.5 Å². The molecule has 0 fully saturated rings. The fourth-order valence-corrected chi connectivity index (χ4v) is 8.74. The summed E-state index contributed by atoms with van der Waals surface area (Å²) in [5.41, 5.74) is 8.68. The first-order valence-electron chi connectivity index (χ1n) is 15.8. The summed E-state index contributed by atoms with van der Waals surface area (Å²) in [4.78, 5) is 0. The number of benzene rings is 8. The molecule has 0 spiro atoms. The molecule has 0 amide bonds. The summed E-state index contributed by atoms with van der Waals surface area (Å²) in [5, 5.41) is 10.4. The third-order valence-electron chi connectivity index (χ3n) is 9.56. The molecule has 0 radical (unpaired) electrons. The number of aromatic nitrogens is 1. The molecule has 0 saturated carbocycles. The lowest BCUT2D eigenvalue weighted by Crippen LogP contribution is -1.95. The predicted molar refractivity (Wildman–Crippen MR) is 200 cm³/mol. The fraction of sp³-hybridized carbons (Fsp3) is 0. The smallest absolute Gasteiger partial charge is 0.0726 e. The van der Waals surface area contributed by atoms with Gasteiger partial charge in [-0.3, -0.25) is 0 Å². The number of thiophene rings is 1. The number of nitrogens with zero attached hydrogens (tertiary/aromatic N) is 1. The first kappa shape index (κ1) is 25.6. The molecule has 10 aromatic rings. The molecule has 0 atom stereocenters. The number of hydrogen-bond donors (Lipinski definition) is 0. The van der Waals surface area contributed by atoms with Gasteiger partial charge in [-0.2, -0.15) is 0 Å². The first-order chi connectivity index (χ1) is 22.8. The van der Waals surface area contributed by atoms with Gasteiger partial charge in [0.1, 0.15) is 0 Å². The maximum Gasteiger partial charge on any atom is 0.0726 e. The van der Waals surface area contributed by atoms with Gasteiger partial charge < -0.3 is 4.57 Å². The van der Waals surface area contributed by atoms with Crippen LogP contribution in [-0.2, 0) is 0 Å². The lowest BCUT2D eigenvalue weighted by atomic mass is 9.96. The summed E-state index contributed by atoms with van der Waals surface area (Å²) in [6.45, 7) is 0. The van der Waals surface area contributed by atoms with Gasteiger partial charge in [-0.15, -0.1) is 11.3 Å². The average Bonchev–Trinajstić information content (AvgIpc) is 3.68. The van der Waals surface area contributed by atoms with E-state index in [4.69, 9.17) is 0 Å². The Morgan fingerprint density at radius 2 is 0.978 bits per heavy atom. The summed E-state index contributed by atoms with van der Waals surface area (Å²) >= 11 is 1.92. The second kappa shape index (κ2) is 9.90. The van der Waals surface area contributed by atoms with E-state index in [9.17, 15) is 0 Å². The van der Waals surface area contributed by atoms with Crippen molar-refractivity contribution in [1.29, 1.82) is 0 Å². The molecule has 10 rings (SSSR count). The topological polar surface area (TPSA) is 4.93 Å². The molecular weight excluding hydrogens is 575 g/mol. The Balaban J connectivity index is 1.43. The maximum absolute atomic E-state index is 2.55. The van der Waals surface area contributed by atoms with E-state index in [2.05, 4.69) is 168 Å². The molecule has 0 aliphatic carbocycles. The van der Waals surface area contributed by atoms with Crippen molar-refractivity contribution in [2.75, 3.05) is 0 Å². The van der Waals surface area contributed by atoms with Crippen LogP contribution < -0.4 is 0 Å². The van der Waals surface area contributed by atoms with Crippen LogP contribution in [0.2, 0.25) is 0 Å². The zero-order valence-corrected chi connectivity index (χ0v) is 25.8. The minimum absolute atomic E-state index is 1.21. The van der Waals surface area contributed by atoms with Crippen LogP contribution in [0.25, 0.3) is 91.5 Å². The lowest BCUT2D eigenvalue weighted by molar-refractivity contribution is 1.21. The molecule has 1 nitrogen and oxygen atoms in total. The van der Waals surface area contributed by atoms with Crippen molar-refractivity contribution in [3.63, 3.8) is 0 Å². The van der Waals surface area contributed by atoms with E-state index in [0.717, 1.165) is 0 Å². The van der Waals surface area contributed by atoms with Crippen LogP contribution in [0.5, 0.6) is 0 Å². The SMILES string of the molecule is c1ccc(-c2ccc3sc4c(c3c2)c2ccccc2c2c3cc(-c5ccccc5)ccc3n(-c3cccc5ccccc35)c42)cc1. The third-order valence-corrected chi connectivity index (χ3v) is 10.7. The molecule has 0 aliphatic rings. The van der Waals surface area contributed by atoms with E-state index in [-0.39, 0.29) is 0 Å². The van der Waals surface area contributed by atoms with Gasteiger partial charge >= 0.3 is 0 Å². The van der Waals surface area contributed by atoms with Crippen LogP contribution in [0.3, 0.4) is 0 Å². The van der Waals surface area contributed by atoms with E-state index in [1.54, 1.807) is 0 Å². The van der Waals surface area contributed by atoms with Gasteiger partial charge in [0, 0.05) is 31.6 Å². The van der Waals surface area contributed by atoms with Crippen molar-refractivity contribution in [3.05, 3.63) is 164 Å².